The van der Waals surface area contributed by atoms with Gasteiger partial charge in [0.05, 0.1) is 23.6 Å². The van der Waals surface area contributed by atoms with E-state index in [2.05, 4.69) is 47.2 Å². The van der Waals surface area contributed by atoms with Crippen LogP contribution in [-0.4, -0.2) is 15.4 Å². The van der Waals surface area contributed by atoms with Crippen molar-refractivity contribution in [3.63, 3.8) is 0 Å². The number of fused-ring (bicyclic) bond motifs is 3. The molecule has 0 bridgehead atoms. The van der Waals surface area contributed by atoms with E-state index < -0.39 is 0 Å². The van der Waals surface area contributed by atoms with E-state index in [0.29, 0.717) is 12.3 Å². The molecule has 0 radical (unpaired) electrons. The summed E-state index contributed by atoms with van der Waals surface area (Å²) < 4.78 is 2.21. The molecule has 2 aromatic carbocycles. The smallest absolute Gasteiger partial charge is 0.115 e. The van der Waals surface area contributed by atoms with Crippen molar-refractivity contribution in [1.29, 1.82) is 0 Å². The van der Waals surface area contributed by atoms with Crippen LogP contribution in [0, 0.1) is 0 Å². The van der Waals surface area contributed by atoms with E-state index >= 15 is 0 Å². The highest BCUT2D eigenvalue weighted by molar-refractivity contribution is 6.01. The van der Waals surface area contributed by atoms with Gasteiger partial charge in [-0.25, -0.2) is 0 Å². The van der Waals surface area contributed by atoms with Crippen LogP contribution < -0.4 is 0 Å². The maximum absolute atomic E-state index is 9.42. The van der Waals surface area contributed by atoms with Crippen molar-refractivity contribution in [2.75, 3.05) is 0 Å². The number of para-hydroxylation sites is 1. The van der Waals surface area contributed by atoms with E-state index in [-0.39, 0.29) is 0 Å². The quantitative estimate of drug-likeness (QED) is 0.766. The molecule has 0 atom stereocenters. The molecule has 0 saturated heterocycles. The Labute approximate surface area is 129 Å². The van der Waals surface area contributed by atoms with Crippen molar-refractivity contribution in [3.8, 4) is 11.4 Å². The van der Waals surface area contributed by atoms with Gasteiger partial charge in [-0.3, -0.25) is 4.99 Å². The summed E-state index contributed by atoms with van der Waals surface area (Å²) >= 11 is 0. The zero-order valence-corrected chi connectivity index (χ0v) is 12.1. The number of phenols is 1. The lowest BCUT2D eigenvalue weighted by molar-refractivity contribution is 0.475. The minimum atomic E-state index is 0.294. The second kappa shape index (κ2) is 5.19. The number of nitrogens with zero attached hydrogens (tertiary/aromatic N) is 2. The largest absolute Gasteiger partial charge is 0.508 e. The lowest BCUT2D eigenvalue weighted by Gasteiger charge is -2.10. The Kier molecular flexibility index (Phi) is 3.04. The standard InChI is InChI=1S/C19H16N2O/c22-16-9-7-14(8-10-16)12-17-19-6-3-11-21(19)18-5-2-1-4-15(18)13-20-17/h1-11,22H,12-13H2. The molecule has 0 fully saturated rings. The highest BCUT2D eigenvalue weighted by Crippen LogP contribution is 2.24. The molecular weight excluding hydrogens is 272 g/mol. The molecular formula is C19H16N2O. The van der Waals surface area contributed by atoms with Gasteiger partial charge in [-0.1, -0.05) is 30.3 Å². The second-order valence-corrected chi connectivity index (χ2v) is 5.50. The zero-order valence-electron chi connectivity index (χ0n) is 12.1. The molecule has 1 N–H and O–H groups in total. The van der Waals surface area contributed by atoms with Gasteiger partial charge in [-0.2, -0.15) is 0 Å². The topological polar surface area (TPSA) is 37.5 Å². The molecule has 1 aliphatic heterocycles. The van der Waals surface area contributed by atoms with Gasteiger partial charge < -0.3 is 9.67 Å². The van der Waals surface area contributed by atoms with E-state index in [9.17, 15) is 5.11 Å². The number of hydrogen-bond donors (Lipinski definition) is 1. The Hall–Kier alpha value is -2.81. The minimum Gasteiger partial charge on any atom is -0.508 e. The van der Waals surface area contributed by atoms with Crippen molar-refractivity contribution in [2.24, 2.45) is 4.99 Å². The van der Waals surface area contributed by atoms with Crippen molar-refractivity contribution in [1.82, 2.24) is 4.57 Å². The fraction of sp³-hybridized carbons (Fsp3) is 0.105. The average Bonchev–Trinajstić information content (AvgIpc) is 2.98. The predicted octanol–water partition coefficient (Wildman–Crippen LogP) is 3.73. The number of phenolic OH excluding ortho intramolecular Hbond substituents is 1. The number of benzene rings is 2. The minimum absolute atomic E-state index is 0.294. The summed E-state index contributed by atoms with van der Waals surface area (Å²) in [5.74, 6) is 0.294. The Morgan fingerprint density at radius 2 is 1.77 bits per heavy atom. The Balaban J connectivity index is 1.76. The van der Waals surface area contributed by atoms with E-state index in [1.807, 2.05) is 12.1 Å². The van der Waals surface area contributed by atoms with Gasteiger partial charge in [0.15, 0.2) is 0 Å². The number of aliphatic imine (C=N–C) groups is 1. The van der Waals surface area contributed by atoms with Crippen LogP contribution in [0.2, 0.25) is 0 Å². The molecule has 22 heavy (non-hydrogen) atoms. The lowest BCUT2D eigenvalue weighted by Crippen LogP contribution is -2.09. The fourth-order valence-corrected chi connectivity index (χ4v) is 2.92. The van der Waals surface area contributed by atoms with E-state index in [1.54, 1.807) is 12.1 Å². The normalized spacial score (nSPS) is 13.0. The van der Waals surface area contributed by atoms with Crippen molar-refractivity contribution in [3.05, 3.63) is 83.7 Å². The highest BCUT2D eigenvalue weighted by atomic mass is 16.3. The molecule has 0 unspecified atom stereocenters. The lowest BCUT2D eigenvalue weighted by atomic mass is 10.1. The molecule has 1 aromatic heterocycles. The van der Waals surface area contributed by atoms with Crippen LogP contribution in [0.3, 0.4) is 0 Å². The molecule has 3 heteroatoms. The molecule has 1 aliphatic rings. The van der Waals surface area contributed by atoms with E-state index in [0.717, 1.165) is 23.4 Å². The summed E-state index contributed by atoms with van der Waals surface area (Å²) in [6, 6.07) is 19.9. The summed E-state index contributed by atoms with van der Waals surface area (Å²) in [4.78, 5) is 4.83. The molecule has 0 aliphatic carbocycles. The predicted molar refractivity (Wildman–Crippen MR) is 87.8 cm³/mol. The van der Waals surface area contributed by atoms with Crippen LogP contribution >= 0.6 is 0 Å². The zero-order chi connectivity index (χ0) is 14.9. The molecule has 2 heterocycles. The van der Waals surface area contributed by atoms with Crippen molar-refractivity contribution >= 4 is 5.71 Å². The number of hydrogen-bond acceptors (Lipinski definition) is 2. The van der Waals surface area contributed by atoms with Crippen LogP contribution in [-0.2, 0) is 13.0 Å². The van der Waals surface area contributed by atoms with Gasteiger partial charge in [0.2, 0.25) is 0 Å². The Morgan fingerprint density at radius 1 is 0.955 bits per heavy atom. The van der Waals surface area contributed by atoms with Gasteiger partial charge >= 0.3 is 0 Å². The van der Waals surface area contributed by atoms with Crippen LogP contribution in [0.4, 0.5) is 0 Å². The van der Waals surface area contributed by atoms with Crippen LogP contribution in [0.15, 0.2) is 71.9 Å². The first-order chi connectivity index (χ1) is 10.8. The maximum atomic E-state index is 9.42. The molecule has 0 amide bonds. The van der Waals surface area contributed by atoms with Gasteiger partial charge in [-0.05, 0) is 41.5 Å². The highest BCUT2D eigenvalue weighted by Gasteiger charge is 2.16. The summed E-state index contributed by atoms with van der Waals surface area (Å²) in [6.45, 7) is 0.700. The number of rotatable bonds is 2. The van der Waals surface area contributed by atoms with Gasteiger partial charge in [-0.15, -0.1) is 0 Å². The first-order valence-electron chi connectivity index (χ1n) is 7.38. The number of aromatic hydroxyl groups is 1. The third-order valence-electron chi connectivity index (χ3n) is 4.04. The summed E-state index contributed by atoms with van der Waals surface area (Å²) in [5, 5.41) is 9.42. The molecule has 3 aromatic rings. The van der Waals surface area contributed by atoms with Crippen molar-refractivity contribution < 1.29 is 5.11 Å². The summed E-state index contributed by atoms with van der Waals surface area (Å²) in [6.07, 6.45) is 2.85. The van der Waals surface area contributed by atoms with Crippen LogP contribution in [0.1, 0.15) is 16.8 Å². The average molecular weight is 288 g/mol. The second-order valence-electron chi connectivity index (χ2n) is 5.50. The molecule has 0 saturated carbocycles. The maximum Gasteiger partial charge on any atom is 0.115 e. The molecule has 3 nitrogen and oxygen atoms in total. The van der Waals surface area contributed by atoms with E-state index in [4.69, 9.17) is 4.99 Å². The SMILES string of the molecule is Oc1ccc(CC2=NCc3ccccc3-n3cccc32)cc1. The first-order valence-corrected chi connectivity index (χ1v) is 7.38. The first kappa shape index (κ1) is 12.9. The Morgan fingerprint density at radius 3 is 2.64 bits per heavy atom. The molecule has 0 spiro atoms. The monoisotopic (exact) mass is 288 g/mol. The summed E-state index contributed by atoms with van der Waals surface area (Å²) in [5.41, 5.74) is 5.80. The van der Waals surface area contributed by atoms with Gasteiger partial charge in [0.25, 0.3) is 0 Å². The van der Waals surface area contributed by atoms with Gasteiger partial charge in [0.1, 0.15) is 5.75 Å². The Bertz CT molecular complexity index is 844. The van der Waals surface area contributed by atoms with Crippen LogP contribution in [0.5, 0.6) is 5.75 Å². The molecule has 108 valence electrons. The van der Waals surface area contributed by atoms with E-state index in [1.165, 1.54) is 11.3 Å². The van der Waals surface area contributed by atoms with Crippen molar-refractivity contribution in [2.45, 2.75) is 13.0 Å². The van der Waals surface area contributed by atoms with Crippen LogP contribution in [0.25, 0.3) is 5.69 Å². The fourth-order valence-electron chi connectivity index (χ4n) is 2.92. The number of aromatic nitrogens is 1. The summed E-state index contributed by atoms with van der Waals surface area (Å²) in [7, 11) is 0. The molecule has 4 rings (SSSR count). The third-order valence-corrected chi connectivity index (χ3v) is 4.04. The third kappa shape index (κ3) is 2.21. The van der Waals surface area contributed by atoms with Gasteiger partial charge in [0, 0.05) is 12.6 Å².